The van der Waals surface area contributed by atoms with Crippen LogP contribution in [0.1, 0.15) is 49.8 Å². The van der Waals surface area contributed by atoms with Crippen LogP contribution in [0.15, 0.2) is 29.1 Å². The first-order valence-corrected chi connectivity index (χ1v) is 8.95. The van der Waals surface area contributed by atoms with E-state index in [-0.39, 0.29) is 17.5 Å². The minimum atomic E-state index is -0.216. The topological polar surface area (TPSA) is 73.8 Å². The summed E-state index contributed by atoms with van der Waals surface area (Å²) in [6.07, 6.45) is 0. The van der Waals surface area contributed by atoms with Crippen LogP contribution in [-0.2, 0) is 20.1 Å². The smallest absolute Gasteiger partial charge is 0.321 e. The van der Waals surface area contributed by atoms with E-state index in [9.17, 15) is 9.59 Å². The lowest BCUT2D eigenvalue weighted by Gasteiger charge is -2.07. The van der Waals surface area contributed by atoms with Crippen LogP contribution in [0.25, 0.3) is 11.0 Å². The first kappa shape index (κ1) is 18.0. The summed E-state index contributed by atoms with van der Waals surface area (Å²) in [6.45, 7) is 9.17. The molecule has 138 valence electrons. The largest absolute Gasteiger partial charge is 0.329 e. The molecule has 3 rings (SSSR count). The van der Waals surface area contributed by atoms with Gasteiger partial charge in [-0.3, -0.25) is 18.6 Å². The molecule has 0 aliphatic carbocycles. The number of nitrogens with zero attached hydrogens (tertiary/aromatic N) is 4. The fourth-order valence-corrected chi connectivity index (χ4v) is 3.19. The molecule has 2 heterocycles. The first-order chi connectivity index (χ1) is 12.4. The van der Waals surface area contributed by atoms with Crippen LogP contribution >= 0.6 is 0 Å². The van der Waals surface area contributed by atoms with E-state index in [1.54, 1.807) is 20.9 Å². The Balaban J connectivity index is 1.96. The lowest BCUT2D eigenvalue weighted by atomic mass is 10.1. The third-order valence-electron chi connectivity index (χ3n) is 4.63. The second-order valence-electron chi connectivity index (χ2n) is 6.66. The highest BCUT2D eigenvalue weighted by Crippen LogP contribution is 2.20. The van der Waals surface area contributed by atoms with E-state index in [1.165, 1.54) is 0 Å². The van der Waals surface area contributed by atoms with Gasteiger partial charge in [0.05, 0.1) is 16.7 Å². The zero-order valence-corrected chi connectivity index (χ0v) is 15.9. The van der Waals surface area contributed by atoms with Gasteiger partial charge >= 0.3 is 5.69 Å². The molecule has 0 radical (unpaired) electrons. The van der Waals surface area contributed by atoms with Gasteiger partial charge < -0.3 is 5.32 Å². The SMILES string of the molecule is CCn1c(=O)n(CC)c2cc(NC(=O)c3cc(C(C)C)nn3C)ccc21. The first-order valence-electron chi connectivity index (χ1n) is 8.95. The predicted molar refractivity (Wildman–Crippen MR) is 103 cm³/mol. The number of hydrogen-bond donors (Lipinski definition) is 1. The number of carbonyl (C=O) groups is 1. The number of imidazole rings is 1. The number of aryl methyl sites for hydroxylation is 3. The number of benzene rings is 1. The molecule has 3 aromatic rings. The summed E-state index contributed by atoms with van der Waals surface area (Å²) in [6, 6.07) is 7.37. The molecule has 26 heavy (non-hydrogen) atoms. The van der Waals surface area contributed by atoms with Crippen molar-refractivity contribution in [2.45, 2.75) is 46.7 Å². The number of anilines is 1. The fourth-order valence-electron chi connectivity index (χ4n) is 3.19. The Hall–Kier alpha value is -2.83. The Labute approximate surface area is 152 Å². The van der Waals surface area contributed by atoms with Crippen LogP contribution in [-0.4, -0.2) is 24.8 Å². The van der Waals surface area contributed by atoms with Gasteiger partial charge in [-0.15, -0.1) is 0 Å². The van der Waals surface area contributed by atoms with Gasteiger partial charge in [0, 0.05) is 25.8 Å². The summed E-state index contributed by atoms with van der Waals surface area (Å²) in [5.74, 6) is 0.0402. The van der Waals surface area contributed by atoms with Crippen LogP contribution in [0, 0.1) is 0 Å². The number of rotatable bonds is 5. The van der Waals surface area contributed by atoms with Crippen LogP contribution < -0.4 is 11.0 Å². The van der Waals surface area contributed by atoms with Crippen molar-refractivity contribution in [1.29, 1.82) is 0 Å². The van der Waals surface area contributed by atoms with Crippen LogP contribution in [0.4, 0.5) is 5.69 Å². The Kier molecular flexibility index (Phi) is 4.71. The van der Waals surface area contributed by atoms with Crippen molar-refractivity contribution in [3.63, 3.8) is 0 Å². The highest BCUT2D eigenvalue weighted by molar-refractivity contribution is 6.04. The molecule has 1 N–H and O–H groups in total. The molecule has 0 atom stereocenters. The minimum Gasteiger partial charge on any atom is -0.321 e. The maximum Gasteiger partial charge on any atom is 0.329 e. The molecule has 0 saturated heterocycles. The zero-order chi connectivity index (χ0) is 19.0. The van der Waals surface area contributed by atoms with Gasteiger partial charge in [0.1, 0.15) is 5.69 Å². The molecular weight excluding hydrogens is 330 g/mol. The van der Waals surface area contributed by atoms with E-state index >= 15 is 0 Å². The lowest BCUT2D eigenvalue weighted by Crippen LogP contribution is -2.23. The second-order valence-corrected chi connectivity index (χ2v) is 6.66. The Bertz CT molecular complexity index is 1020. The molecule has 0 aliphatic heterocycles. The summed E-state index contributed by atoms with van der Waals surface area (Å²) in [5.41, 5.74) is 3.72. The van der Waals surface area contributed by atoms with Gasteiger partial charge in [-0.05, 0) is 44.0 Å². The van der Waals surface area contributed by atoms with Crippen LogP contribution in [0.5, 0.6) is 0 Å². The summed E-state index contributed by atoms with van der Waals surface area (Å²) in [7, 11) is 1.76. The molecule has 0 unspecified atom stereocenters. The summed E-state index contributed by atoms with van der Waals surface area (Å²) in [5, 5.41) is 7.30. The third-order valence-corrected chi connectivity index (χ3v) is 4.63. The molecular formula is C19H25N5O2. The molecule has 0 fully saturated rings. The normalized spacial score (nSPS) is 11.5. The highest BCUT2D eigenvalue weighted by atomic mass is 16.2. The van der Waals surface area contributed by atoms with Crippen LogP contribution in [0.3, 0.4) is 0 Å². The van der Waals surface area contributed by atoms with Gasteiger partial charge in [0.2, 0.25) is 0 Å². The summed E-state index contributed by atoms with van der Waals surface area (Å²) >= 11 is 0. The van der Waals surface area contributed by atoms with Crippen molar-refractivity contribution in [2.24, 2.45) is 7.05 Å². The predicted octanol–water partition coefficient (Wildman–Crippen LogP) is 2.95. The average molecular weight is 355 g/mol. The van der Waals surface area contributed by atoms with E-state index in [0.29, 0.717) is 24.5 Å². The number of fused-ring (bicyclic) bond motifs is 1. The standard InChI is InChI=1S/C19H25N5O2/c1-6-23-15-9-8-13(10-16(15)24(7-2)19(23)26)20-18(25)17-11-14(12(3)4)21-22(17)5/h8-12H,6-7H2,1-5H3,(H,20,25). The number of carbonyl (C=O) groups excluding carboxylic acids is 1. The molecule has 1 amide bonds. The molecule has 0 saturated carbocycles. The Morgan fingerprint density at radius 1 is 1.12 bits per heavy atom. The maximum atomic E-state index is 12.6. The minimum absolute atomic E-state index is 0.0262. The van der Waals surface area contributed by atoms with Crippen molar-refractivity contribution in [1.82, 2.24) is 18.9 Å². The van der Waals surface area contributed by atoms with E-state index in [1.807, 2.05) is 52.0 Å². The van der Waals surface area contributed by atoms with Gasteiger partial charge in [-0.25, -0.2) is 4.79 Å². The quantitative estimate of drug-likeness (QED) is 0.765. The van der Waals surface area contributed by atoms with E-state index in [4.69, 9.17) is 0 Å². The van der Waals surface area contributed by atoms with Crippen molar-refractivity contribution in [2.75, 3.05) is 5.32 Å². The van der Waals surface area contributed by atoms with Gasteiger partial charge in [-0.1, -0.05) is 13.8 Å². The average Bonchev–Trinajstić information content (AvgIpc) is 3.11. The fraction of sp³-hybridized carbons (Fsp3) is 0.421. The van der Waals surface area contributed by atoms with Gasteiger partial charge in [-0.2, -0.15) is 5.10 Å². The summed E-state index contributed by atoms with van der Waals surface area (Å²) in [4.78, 5) is 25.1. The number of aromatic nitrogens is 4. The molecule has 7 heteroatoms. The van der Waals surface area contributed by atoms with E-state index in [2.05, 4.69) is 10.4 Å². The van der Waals surface area contributed by atoms with Crippen molar-refractivity contribution in [3.05, 3.63) is 46.1 Å². The second kappa shape index (κ2) is 6.82. The monoisotopic (exact) mass is 355 g/mol. The van der Waals surface area contributed by atoms with Gasteiger partial charge in [0.25, 0.3) is 5.91 Å². The molecule has 0 spiro atoms. The number of amides is 1. The number of nitrogens with one attached hydrogen (secondary N) is 1. The lowest BCUT2D eigenvalue weighted by molar-refractivity contribution is 0.101. The highest BCUT2D eigenvalue weighted by Gasteiger charge is 2.16. The number of hydrogen-bond acceptors (Lipinski definition) is 3. The van der Waals surface area contributed by atoms with E-state index < -0.39 is 0 Å². The van der Waals surface area contributed by atoms with Crippen molar-refractivity contribution >= 4 is 22.6 Å². The summed E-state index contributed by atoms with van der Waals surface area (Å²) < 4.78 is 5.05. The van der Waals surface area contributed by atoms with E-state index in [0.717, 1.165) is 16.7 Å². The van der Waals surface area contributed by atoms with Crippen LogP contribution in [0.2, 0.25) is 0 Å². The maximum absolute atomic E-state index is 12.6. The third kappa shape index (κ3) is 2.94. The Morgan fingerprint density at radius 3 is 2.35 bits per heavy atom. The van der Waals surface area contributed by atoms with Gasteiger partial charge in [0.15, 0.2) is 0 Å². The molecule has 2 aromatic heterocycles. The molecule has 0 aliphatic rings. The zero-order valence-electron chi connectivity index (χ0n) is 15.9. The van der Waals surface area contributed by atoms with Crippen molar-refractivity contribution < 1.29 is 4.79 Å². The van der Waals surface area contributed by atoms with Crippen molar-refractivity contribution in [3.8, 4) is 0 Å². The Morgan fingerprint density at radius 2 is 1.77 bits per heavy atom. The molecule has 0 bridgehead atoms. The molecule has 1 aromatic carbocycles. The molecule has 7 nitrogen and oxygen atoms in total.